The van der Waals surface area contributed by atoms with Crippen molar-refractivity contribution >= 4 is 11.6 Å². The highest BCUT2D eigenvalue weighted by Gasteiger charge is 2.06. The molecule has 0 aromatic carbocycles. The SMILES string of the molecule is Nc1c[nH]c(C(=O)NCc2ccncn2)c1. The lowest BCUT2D eigenvalue weighted by Gasteiger charge is -2.02. The number of aromatic amines is 1. The van der Waals surface area contributed by atoms with Gasteiger partial charge in [0.15, 0.2) is 0 Å². The van der Waals surface area contributed by atoms with Crippen molar-refractivity contribution in [2.45, 2.75) is 6.54 Å². The molecule has 4 N–H and O–H groups in total. The summed E-state index contributed by atoms with van der Waals surface area (Å²) in [6.45, 7) is 0.361. The van der Waals surface area contributed by atoms with Crippen LogP contribution in [0.4, 0.5) is 5.69 Å². The van der Waals surface area contributed by atoms with Crippen molar-refractivity contribution in [2.24, 2.45) is 0 Å². The first-order valence-corrected chi connectivity index (χ1v) is 4.72. The van der Waals surface area contributed by atoms with Gasteiger partial charge in [0.2, 0.25) is 0 Å². The summed E-state index contributed by atoms with van der Waals surface area (Å²) in [6, 6.07) is 3.32. The Morgan fingerprint density at radius 2 is 2.44 bits per heavy atom. The number of hydrogen-bond donors (Lipinski definition) is 3. The number of anilines is 1. The van der Waals surface area contributed by atoms with E-state index < -0.39 is 0 Å². The summed E-state index contributed by atoms with van der Waals surface area (Å²) in [6.07, 6.45) is 4.63. The predicted molar refractivity (Wildman–Crippen MR) is 58.4 cm³/mol. The van der Waals surface area contributed by atoms with Crippen LogP contribution in [0.2, 0.25) is 0 Å². The standard InChI is InChI=1S/C10H11N5O/c11-7-3-9(13-4-7)10(16)14-5-8-1-2-12-6-15-8/h1-4,6,13H,5,11H2,(H,14,16). The van der Waals surface area contributed by atoms with Crippen LogP contribution >= 0.6 is 0 Å². The summed E-state index contributed by atoms with van der Waals surface area (Å²) >= 11 is 0. The average molecular weight is 217 g/mol. The van der Waals surface area contributed by atoms with Crippen LogP contribution in [0, 0.1) is 0 Å². The van der Waals surface area contributed by atoms with E-state index in [1.165, 1.54) is 6.33 Å². The Balaban J connectivity index is 1.94. The number of aromatic nitrogens is 3. The fourth-order valence-electron chi connectivity index (χ4n) is 1.23. The van der Waals surface area contributed by atoms with Crippen LogP contribution in [0.1, 0.15) is 16.2 Å². The Kier molecular flexibility index (Phi) is 2.81. The summed E-state index contributed by atoms with van der Waals surface area (Å²) in [5.74, 6) is -0.213. The number of nitrogens with zero attached hydrogens (tertiary/aromatic N) is 2. The molecule has 0 atom stereocenters. The van der Waals surface area contributed by atoms with E-state index >= 15 is 0 Å². The Morgan fingerprint density at radius 1 is 1.56 bits per heavy atom. The van der Waals surface area contributed by atoms with Crippen LogP contribution in [-0.4, -0.2) is 20.9 Å². The Morgan fingerprint density at radius 3 is 3.06 bits per heavy atom. The van der Waals surface area contributed by atoms with Gasteiger partial charge in [-0.2, -0.15) is 0 Å². The molecule has 0 saturated heterocycles. The first kappa shape index (κ1) is 10.2. The minimum atomic E-state index is -0.213. The molecule has 6 nitrogen and oxygen atoms in total. The molecule has 2 rings (SSSR count). The van der Waals surface area contributed by atoms with E-state index in [-0.39, 0.29) is 5.91 Å². The van der Waals surface area contributed by atoms with Gasteiger partial charge in [0.25, 0.3) is 5.91 Å². The molecule has 2 heterocycles. The van der Waals surface area contributed by atoms with Gasteiger partial charge in [0.05, 0.1) is 12.2 Å². The number of rotatable bonds is 3. The van der Waals surface area contributed by atoms with Crippen molar-refractivity contribution in [3.63, 3.8) is 0 Å². The van der Waals surface area contributed by atoms with Gasteiger partial charge in [-0.25, -0.2) is 9.97 Å². The molecule has 2 aromatic rings. The fraction of sp³-hybridized carbons (Fsp3) is 0.100. The number of nitrogens with one attached hydrogen (secondary N) is 2. The van der Waals surface area contributed by atoms with Gasteiger partial charge in [0, 0.05) is 18.1 Å². The number of hydrogen-bond acceptors (Lipinski definition) is 4. The topological polar surface area (TPSA) is 96.7 Å². The first-order chi connectivity index (χ1) is 7.75. The molecule has 0 fully saturated rings. The molecule has 0 aliphatic carbocycles. The molecular weight excluding hydrogens is 206 g/mol. The van der Waals surface area contributed by atoms with Gasteiger partial charge < -0.3 is 16.0 Å². The maximum Gasteiger partial charge on any atom is 0.268 e. The highest BCUT2D eigenvalue weighted by Crippen LogP contribution is 2.04. The van der Waals surface area contributed by atoms with Crippen molar-refractivity contribution in [1.29, 1.82) is 0 Å². The quantitative estimate of drug-likeness (QED) is 0.689. The van der Waals surface area contributed by atoms with Gasteiger partial charge in [0.1, 0.15) is 12.0 Å². The van der Waals surface area contributed by atoms with Crippen molar-refractivity contribution in [3.8, 4) is 0 Å². The van der Waals surface area contributed by atoms with Gasteiger partial charge in [-0.3, -0.25) is 4.79 Å². The molecule has 2 aromatic heterocycles. The van der Waals surface area contributed by atoms with Gasteiger partial charge in [-0.1, -0.05) is 0 Å². The highest BCUT2D eigenvalue weighted by molar-refractivity contribution is 5.93. The number of nitrogen functional groups attached to an aromatic ring is 1. The van der Waals surface area contributed by atoms with Crippen LogP contribution < -0.4 is 11.1 Å². The fourth-order valence-corrected chi connectivity index (χ4v) is 1.23. The minimum Gasteiger partial charge on any atom is -0.397 e. The van der Waals surface area contributed by atoms with Crippen molar-refractivity contribution < 1.29 is 4.79 Å². The van der Waals surface area contributed by atoms with Crippen molar-refractivity contribution in [2.75, 3.05) is 5.73 Å². The van der Waals surface area contributed by atoms with Crippen LogP contribution in [0.5, 0.6) is 0 Å². The van der Waals surface area contributed by atoms with Crippen molar-refractivity contribution in [1.82, 2.24) is 20.3 Å². The van der Waals surface area contributed by atoms with E-state index in [2.05, 4.69) is 20.3 Å². The molecule has 0 bridgehead atoms. The van der Waals surface area contributed by atoms with Crippen LogP contribution in [0.25, 0.3) is 0 Å². The average Bonchev–Trinajstić information content (AvgIpc) is 2.74. The zero-order chi connectivity index (χ0) is 11.4. The summed E-state index contributed by atoms with van der Waals surface area (Å²) in [5, 5.41) is 2.71. The molecule has 0 saturated carbocycles. The van der Waals surface area contributed by atoms with Gasteiger partial charge in [-0.05, 0) is 12.1 Å². The third-order valence-corrected chi connectivity index (χ3v) is 2.02. The van der Waals surface area contributed by atoms with Crippen LogP contribution in [-0.2, 0) is 6.54 Å². The van der Waals surface area contributed by atoms with Gasteiger partial charge in [-0.15, -0.1) is 0 Å². The molecule has 0 radical (unpaired) electrons. The van der Waals surface area contributed by atoms with E-state index in [0.717, 1.165) is 5.69 Å². The molecule has 82 valence electrons. The van der Waals surface area contributed by atoms with Gasteiger partial charge >= 0.3 is 0 Å². The predicted octanol–water partition coefficient (Wildman–Crippen LogP) is 0.317. The molecule has 0 unspecified atom stereocenters. The molecule has 6 heteroatoms. The largest absolute Gasteiger partial charge is 0.397 e. The first-order valence-electron chi connectivity index (χ1n) is 4.72. The molecule has 0 spiro atoms. The monoisotopic (exact) mass is 217 g/mol. The van der Waals surface area contributed by atoms with E-state index in [0.29, 0.717) is 17.9 Å². The van der Waals surface area contributed by atoms with Crippen LogP contribution in [0.15, 0.2) is 30.9 Å². The number of carbonyl (C=O) groups is 1. The summed E-state index contributed by atoms with van der Waals surface area (Å²) in [5.41, 5.74) is 7.22. The number of amides is 1. The van der Waals surface area contributed by atoms with Crippen molar-refractivity contribution in [3.05, 3.63) is 42.2 Å². The number of nitrogens with two attached hydrogens (primary N) is 1. The smallest absolute Gasteiger partial charge is 0.268 e. The zero-order valence-corrected chi connectivity index (χ0v) is 8.47. The van der Waals surface area contributed by atoms with E-state index in [4.69, 9.17) is 5.73 Å². The lowest BCUT2D eigenvalue weighted by molar-refractivity contribution is 0.0946. The summed E-state index contributed by atoms with van der Waals surface area (Å²) in [4.78, 5) is 22.1. The van der Waals surface area contributed by atoms with E-state index in [1.54, 1.807) is 24.5 Å². The lowest BCUT2D eigenvalue weighted by Crippen LogP contribution is -2.23. The number of H-pyrrole nitrogens is 1. The van der Waals surface area contributed by atoms with E-state index in [9.17, 15) is 4.79 Å². The zero-order valence-electron chi connectivity index (χ0n) is 8.47. The Labute approximate surface area is 91.9 Å². The molecule has 0 aliphatic heterocycles. The second-order valence-electron chi connectivity index (χ2n) is 3.23. The molecule has 16 heavy (non-hydrogen) atoms. The maximum atomic E-state index is 11.6. The third-order valence-electron chi connectivity index (χ3n) is 2.02. The van der Waals surface area contributed by atoms with E-state index in [1.807, 2.05) is 0 Å². The Bertz CT molecular complexity index is 479. The molecule has 0 aliphatic rings. The second kappa shape index (κ2) is 4.43. The normalized spacial score (nSPS) is 10.0. The third kappa shape index (κ3) is 2.35. The summed E-state index contributed by atoms with van der Waals surface area (Å²) < 4.78 is 0. The highest BCUT2D eigenvalue weighted by atomic mass is 16.1. The number of carbonyl (C=O) groups excluding carboxylic acids is 1. The minimum absolute atomic E-state index is 0.213. The Hall–Kier alpha value is -2.37. The second-order valence-corrected chi connectivity index (χ2v) is 3.23. The lowest BCUT2D eigenvalue weighted by atomic mass is 10.3. The molecular formula is C10H11N5O. The van der Waals surface area contributed by atoms with Crippen LogP contribution in [0.3, 0.4) is 0 Å². The summed E-state index contributed by atoms with van der Waals surface area (Å²) in [7, 11) is 0. The maximum absolute atomic E-state index is 11.6. The molecule has 1 amide bonds.